The molecule has 0 bridgehead atoms. The average Bonchev–Trinajstić information content (AvgIpc) is 2.92. The fourth-order valence-corrected chi connectivity index (χ4v) is 3.59. The number of hydrogen-bond acceptors (Lipinski definition) is 4. The summed E-state index contributed by atoms with van der Waals surface area (Å²) in [5.74, 6) is -1.04. The monoisotopic (exact) mass is 385 g/mol. The summed E-state index contributed by atoms with van der Waals surface area (Å²) in [4.78, 5) is 23.4. The number of aliphatic carboxylic acids is 1. The summed E-state index contributed by atoms with van der Waals surface area (Å²) in [5, 5.41) is 11.7. The minimum absolute atomic E-state index is 0.0370. The van der Waals surface area contributed by atoms with Crippen LogP contribution in [0.1, 0.15) is 37.3 Å². The highest BCUT2D eigenvalue weighted by Crippen LogP contribution is 2.44. The van der Waals surface area contributed by atoms with Gasteiger partial charge >= 0.3 is 12.1 Å². The minimum Gasteiger partial charge on any atom is -0.481 e. The molecule has 2 aromatic carbocycles. The second-order valence-corrected chi connectivity index (χ2v) is 8.43. The number of rotatable bonds is 6. The van der Waals surface area contributed by atoms with Crippen molar-refractivity contribution in [3.8, 4) is 11.1 Å². The third kappa shape index (κ3) is 4.27. The second-order valence-electron chi connectivity index (χ2n) is 7.27. The van der Waals surface area contributed by atoms with E-state index in [9.17, 15) is 9.59 Å². The van der Waals surface area contributed by atoms with Gasteiger partial charge < -0.3 is 15.2 Å². The molecule has 0 spiro atoms. The zero-order valence-corrected chi connectivity index (χ0v) is 16.2. The molecule has 1 amide bonds. The van der Waals surface area contributed by atoms with Gasteiger partial charge in [0, 0.05) is 10.7 Å². The summed E-state index contributed by atoms with van der Waals surface area (Å²) < 4.78 is 4.78. The number of fused-ring (bicyclic) bond motifs is 3. The van der Waals surface area contributed by atoms with Crippen molar-refractivity contribution in [1.82, 2.24) is 5.32 Å². The molecular formula is C21H23NO4S. The average molecular weight is 385 g/mol. The fourth-order valence-electron chi connectivity index (χ4n) is 3.43. The molecule has 142 valence electrons. The Labute approximate surface area is 164 Å². The van der Waals surface area contributed by atoms with Crippen molar-refractivity contribution in [3.05, 3.63) is 59.7 Å². The molecule has 0 heterocycles. The Hall–Kier alpha value is -2.47. The molecule has 0 radical (unpaired) electrons. The fraction of sp³-hybridized carbons (Fsp3) is 0.333. The molecule has 3 rings (SSSR count). The van der Waals surface area contributed by atoms with Gasteiger partial charge in [0.15, 0.2) is 0 Å². The summed E-state index contributed by atoms with van der Waals surface area (Å²) >= 11 is 4.40. The van der Waals surface area contributed by atoms with Crippen LogP contribution in [0.15, 0.2) is 48.5 Å². The van der Waals surface area contributed by atoms with Crippen LogP contribution in [0.2, 0.25) is 0 Å². The molecule has 27 heavy (non-hydrogen) atoms. The molecule has 1 aliphatic carbocycles. The number of thiol groups is 1. The maximum absolute atomic E-state index is 12.3. The summed E-state index contributed by atoms with van der Waals surface area (Å²) in [6, 6.07) is 15.5. The lowest BCUT2D eigenvalue weighted by Crippen LogP contribution is -2.47. The summed E-state index contributed by atoms with van der Waals surface area (Å²) in [7, 11) is 0. The van der Waals surface area contributed by atoms with Gasteiger partial charge in [-0.05, 0) is 36.1 Å². The van der Waals surface area contributed by atoms with E-state index in [0.717, 1.165) is 22.3 Å². The number of amides is 1. The van der Waals surface area contributed by atoms with Crippen LogP contribution in [0.4, 0.5) is 4.79 Å². The Morgan fingerprint density at radius 2 is 1.63 bits per heavy atom. The van der Waals surface area contributed by atoms with Crippen molar-refractivity contribution in [2.24, 2.45) is 0 Å². The maximum Gasteiger partial charge on any atom is 0.407 e. The maximum atomic E-state index is 12.3. The SMILES string of the molecule is CC(C)(S)C(CC(=O)O)NC(=O)OCC1c2ccccc2-c2ccccc21. The predicted molar refractivity (Wildman–Crippen MR) is 107 cm³/mol. The summed E-state index contributed by atoms with van der Waals surface area (Å²) in [6.07, 6.45) is -0.856. The van der Waals surface area contributed by atoms with E-state index in [0.29, 0.717) is 0 Å². The lowest BCUT2D eigenvalue weighted by Gasteiger charge is -2.29. The molecule has 1 aliphatic rings. The van der Waals surface area contributed by atoms with Crippen LogP contribution in [0, 0.1) is 0 Å². The number of carbonyl (C=O) groups excluding carboxylic acids is 1. The second kappa shape index (κ2) is 7.64. The number of carboxylic acids is 1. The predicted octanol–water partition coefficient (Wildman–Crippen LogP) is 4.08. The van der Waals surface area contributed by atoms with E-state index < -0.39 is 22.9 Å². The van der Waals surface area contributed by atoms with Crippen molar-refractivity contribution in [2.45, 2.75) is 37.0 Å². The topological polar surface area (TPSA) is 75.6 Å². The van der Waals surface area contributed by atoms with E-state index >= 15 is 0 Å². The molecule has 0 saturated carbocycles. The van der Waals surface area contributed by atoms with Crippen molar-refractivity contribution in [2.75, 3.05) is 6.61 Å². The lowest BCUT2D eigenvalue weighted by molar-refractivity contribution is -0.137. The number of alkyl carbamates (subject to hydrolysis) is 1. The van der Waals surface area contributed by atoms with Gasteiger partial charge in [-0.15, -0.1) is 0 Å². The van der Waals surface area contributed by atoms with Crippen molar-refractivity contribution in [3.63, 3.8) is 0 Å². The number of hydrogen-bond donors (Lipinski definition) is 3. The Kier molecular flexibility index (Phi) is 5.46. The molecule has 0 aliphatic heterocycles. The molecule has 1 atom stereocenters. The molecular weight excluding hydrogens is 362 g/mol. The molecule has 2 aromatic rings. The third-order valence-corrected chi connectivity index (χ3v) is 5.18. The van der Waals surface area contributed by atoms with Crippen LogP contribution < -0.4 is 5.32 Å². The van der Waals surface area contributed by atoms with Gasteiger partial charge in [0.05, 0.1) is 12.5 Å². The number of ether oxygens (including phenoxy) is 1. The van der Waals surface area contributed by atoms with E-state index in [4.69, 9.17) is 9.84 Å². The highest BCUT2D eigenvalue weighted by Gasteiger charge is 2.32. The van der Waals surface area contributed by atoms with Gasteiger partial charge in [-0.25, -0.2) is 4.79 Å². The van der Waals surface area contributed by atoms with E-state index in [1.807, 2.05) is 36.4 Å². The lowest BCUT2D eigenvalue weighted by atomic mass is 9.98. The first kappa shape index (κ1) is 19.3. The number of nitrogens with one attached hydrogen (secondary N) is 1. The van der Waals surface area contributed by atoms with Gasteiger partial charge in [0.1, 0.15) is 6.61 Å². The van der Waals surface area contributed by atoms with Crippen LogP contribution in [0.5, 0.6) is 0 Å². The molecule has 1 unspecified atom stereocenters. The van der Waals surface area contributed by atoms with Gasteiger partial charge in [-0.1, -0.05) is 48.5 Å². The number of carboxylic acid groups (broad SMARTS) is 1. The normalized spacial score (nSPS) is 14.2. The summed E-state index contributed by atoms with van der Waals surface area (Å²) in [5.41, 5.74) is 4.57. The zero-order chi connectivity index (χ0) is 19.6. The van der Waals surface area contributed by atoms with Gasteiger partial charge in [-0.3, -0.25) is 4.79 Å². The molecule has 0 fully saturated rings. The van der Waals surface area contributed by atoms with Crippen LogP contribution >= 0.6 is 12.6 Å². The van der Waals surface area contributed by atoms with Gasteiger partial charge in [-0.2, -0.15) is 12.6 Å². The Balaban J connectivity index is 1.71. The zero-order valence-electron chi connectivity index (χ0n) is 15.3. The quantitative estimate of drug-likeness (QED) is 0.655. The van der Waals surface area contributed by atoms with Crippen molar-refractivity contribution >= 4 is 24.7 Å². The highest BCUT2D eigenvalue weighted by molar-refractivity contribution is 7.81. The smallest absolute Gasteiger partial charge is 0.407 e. The first-order valence-electron chi connectivity index (χ1n) is 8.83. The highest BCUT2D eigenvalue weighted by atomic mass is 32.1. The Morgan fingerprint density at radius 1 is 1.11 bits per heavy atom. The van der Waals surface area contributed by atoms with E-state index in [-0.39, 0.29) is 18.9 Å². The van der Waals surface area contributed by atoms with Gasteiger partial charge in [0.25, 0.3) is 0 Å². The van der Waals surface area contributed by atoms with E-state index in [1.165, 1.54) is 0 Å². The molecule has 0 aromatic heterocycles. The van der Waals surface area contributed by atoms with E-state index in [1.54, 1.807) is 13.8 Å². The minimum atomic E-state index is -0.999. The first-order valence-corrected chi connectivity index (χ1v) is 9.27. The molecule has 5 nitrogen and oxygen atoms in total. The van der Waals surface area contributed by atoms with Crippen LogP contribution in [0.25, 0.3) is 11.1 Å². The number of benzene rings is 2. The Bertz CT molecular complexity index is 814. The van der Waals surface area contributed by atoms with Crippen molar-refractivity contribution in [1.29, 1.82) is 0 Å². The first-order chi connectivity index (χ1) is 12.8. The third-order valence-electron chi connectivity index (χ3n) is 4.87. The van der Waals surface area contributed by atoms with E-state index in [2.05, 4.69) is 30.1 Å². The molecule has 0 saturated heterocycles. The standard InChI is InChI=1S/C21H23NO4S/c1-21(2,27)18(11-19(23)24)22-20(25)26-12-17-15-9-5-3-7-13(15)14-8-4-6-10-16(14)17/h3-10,17-18,27H,11-12H2,1-2H3,(H,22,25)(H,23,24). The van der Waals surface area contributed by atoms with Crippen LogP contribution in [-0.4, -0.2) is 34.6 Å². The van der Waals surface area contributed by atoms with Gasteiger partial charge in [0.2, 0.25) is 0 Å². The van der Waals surface area contributed by atoms with Crippen molar-refractivity contribution < 1.29 is 19.4 Å². The number of carbonyl (C=O) groups is 2. The van der Waals surface area contributed by atoms with Crippen LogP contribution in [0.3, 0.4) is 0 Å². The van der Waals surface area contributed by atoms with Crippen LogP contribution in [-0.2, 0) is 9.53 Å². The molecule has 2 N–H and O–H groups in total. The largest absolute Gasteiger partial charge is 0.481 e. The molecule has 6 heteroatoms. The Morgan fingerprint density at radius 3 is 2.11 bits per heavy atom. The summed E-state index contributed by atoms with van der Waals surface area (Å²) in [6.45, 7) is 3.70.